The van der Waals surface area contributed by atoms with Crippen molar-refractivity contribution in [2.24, 2.45) is 5.92 Å². The second kappa shape index (κ2) is 7.01. The minimum atomic E-state index is -0.00796. The zero-order valence-electron chi connectivity index (χ0n) is 11.4. The molecule has 100 valence electrons. The molecule has 1 atom stereocenters. The van der Waals surface area contributed by atoms with Crippen LogP contribution in [0.5, 0.6) is 0 Å². The number of hydrogen-bond donors (Lipinski definition) is 2. The Morgan fingerprint density at radius 1 is 1.50 bits per heavy atom. The Labute approximate surface area is 109 Å². The average Bonchev–Trinajstić information content (AvgIpc) is 2.28. The van der Waals surface area contributed by atoms with Crippen molar-refractivity contribution >= 4 is 17.3 Å². The van der Waals surface area contributed by atoms with Crippen LogP contribution in [0.3, 0.4) is 0 Å². The van der Waals surface area contributed by atoms with Crippen LogP contribution in [-0.2, 0) is 4.79 Å². The van der Waals surface area contributed by atoms with Crippen molar-refractivity contribution in [1.82, 2.24) is 4.90 Å². The molecule has 0 saturated heterocycles. The fraction of sp³-hybridized carbons (Fsp3) is 0.500. The summed E-state index contributed by atoms with van der Waals surface area (Å²) in [5, 5.41) is 2.84. The van der Waals surface area contributed by atoms with E-state index in [2.05, 4.69) is 19.2 Å². The molecule has 0 radical (unpaired) electrons. The predicted octanol–water partition coefficient (Wildman–Crippen LogP) is 2.19. The third-order valence-corrected chi connectivity index (χ3v) is 2.90. The molecule has 0 saturated carbocycles. The highest BCUT2D eigenvalue weighted by Gasteiger charge is 2.09. The van der Waals surface area contributed by atoms with Gasteiger partial charge in [-0.25, -0.2) is 0 Å². The van der Waals surface area contributed by atoms with Crippen molar-refractivity contribution in [1.29, 1.82) is 0 Å². The highest BCUT2D eigenvalue weighted by atomic mass is 16.2. The zero-order valence-corrected chi connectivity index (χ0v) is 11.4. The smallest absolute Gasteiger partial charge is 0.238 e. The summed E-state index contributed by atoms with van der Waals surface area (Å²) in [6.07, 6.45) is 1.13. The maximum Gasteiger partial charge on any atom is 0.238 e. The van der Waals surface area contributed by atoms with Gasteiger partial charge in [-0.15, -0.1) is 0 Å². The Hall–Kier alpha value is -1.55. The summed E-state index contributed by atoms with van der Waals surface area (Å²) < 4.78 is 0. The molecule has 1 unspecified atom stereocenters. The molecule has 18 heavy (non-hydrogen) atoms. The highest BCUT2D eigenvalue weighted by Crippen LogP contribution is 2.11. The van der Waals surface area contributed by atoms with E-state index in [-0.39, 0.29) is 5.91 Å². The monoisotopic (exact) mass is 249 g/mol. The Kier molecular flexibility index (Phi) is 5.65. The Morgan fingerprint density at radius 3 is 2.83 bits per heavy atom. The second-order valence-electron chi connectivity index (χ2n) is 4.88. The summed E-state index contributed by atoms with van der Waals surface area (Å²) in [6.45, 7) is 5.68. The van der Waals surface area contributed by atoms with Gasteiger partial charge in [0.25, 0.3) is 0 Å². The lowest BCUT2D eigenvalue weighted by molar-refractivity contribution is -0.117. The largest absolute Gasteiger partial charge is 0.399 e. The molecule has 1 aromatic carbocycles. The molecule has 1 aromatic rings. The number of nitrogens with zero attached hydrogens (tertiary/aromatic N) is 1. The molecular formula is C14H23N3O. The summed E-state index contributed by atoms with van der Waals surface area (Å²) in [4.78, 5) is 13.8. The lowest BCUT2D eigenvalue weighted by Gasteiger charge is -2.19. The van der Waals surface area contributed by atoms with Crippen LogP contribution in [0.25, 0.3) is 0 Å². The van der Waals surface area contributed by atoms with E-state index >= 15 is 0 Å². The number of hydrogen-bond acceptors (Lipinski definition) is 3. The van der Waals surface area contributed by atoms with E-state index < -0.39 is 0 Å². The molecule has 4 nitrogen and oxygen atoms in total. The van der Waals surface area contributed by atoms with Gasteiger partial charge in [0.1, 0.15) is 0 Å². The van der Waals surface area contributed by atoms with Crippen molar-refractivity contribution in [3.8, 4) is 0 Å². The van der Waals surface area contributed by atoms with Gasteiger partial charge < -0.3 is 11.1 Å². The number of likely N-dealkylation sites (N-methyl/N-ethyl adjacent to an activating group) is 1. The number of rotatable bonds is 6. The quantitative estimate of drug-likeness (QED) is 0.760. The Balaban J connectivity index is 2.42. The zero-order chi connectivity index (χ0) is 13.5. The first-order valence-electron chi connectivity index (χ1n) is 6.35. The summed E-state index contributed by atoms with van der Waals surface area (Å²) in [5.74, 6) is 0.599. The molecule has 0 heterocycles. The molecule has 3 N–H and O–H groups in total. The fourth-order valence-corrected chi connectivity index (χ4v) is 1.79. The van der Waals surface area contributed by atoms with Crippen LogP contribution < -0.4 is 11.1 Å². The molecule has 1 rings (SSSR count). The van der Waals surface area contributed by atoms with E-state index in [1.54, 1.807) is 12.1 Å². The van der Waals surface area contributed by atoms with E-state index in [4.69, 9.17) is 5.73 Å². The SMILES string of the molecule is CCC(C)CN(C)CC(=O)Nc1cccc(N)c1. The van der Waals surface area contributed by atoms with Crippen molar-refractivity contribution in [3.63, 3.8) is 0 Å². The van der Waals surface area contributed by atoms with Crippen LogP contribution in [0.4, 0.5) is 11.4 Å². The fourth-order valence-electron chi connectivity index (χ4n) is 1.79. The van der Waals surface area contributed by atoms with Gasteiger partial charge in [-0.3, -0.25) is 9.69 Å². The van der Waals surface area contributed by atoms with Crippen LogP contribution in [0.15, 0.2) is 24.3 Å². The number of carbonyl (C=O) groups excluding carboxylic acids is 1. The molecule has 0 aromatic heterocycles. The van der Waals surface area contributed by atoms with Crippen LogP contribution in [0.1, 0.15) is 20.3 Å². The number of benzene rings is 1. The number of nitrogens with two attached hydrogens (primary N) is 1. The minimum absolute atomic E-state index is 0.00796. The highest BCUT2D eigenvalue weighted by molar-refractivity contribution is 5.92. The Morgan fingerprint density at radius 2 is 2.22 bits per heavy atom. The lowest BCUT2D eigenvalue weighted by atomic mass is 10.1. The average molecular weight is 249 g/mol. The van der Waals surface area contributed by atoms with E-state index in [1.807, 2.05) is 24.1 Å². The van der Waals surface area contributed by atoms with Crippen molar-refractivity contribution in [2.75, 3.05) is 31.2 Å². The molecule has 0 fully saturated rings. The minimum Gasteiger partial charge on any atom is -0.399 e. The van der Waals surface area contributed by atoms with Crippen LogP contribution in [0, 0.1) is 5.92 Å². The first kappa shape index (κ1) is 14.5. The van der Waals surface area contributed by atoms with Gasteiger partial charge in [0.15, 0.2) is 0 Å². The van der Waals surface area contributed by atoms with Gasteiger partial charge in [0, 0.05) is 17.9 Å². The summed E-state index contributed by atoms with van der Waals surface area (Å²) in [7, 11) is 1.96. The first-order chi connectivity index (χ1) is 8.51. The van der Waals surface area contributed by atoms with E-state index in [0.717, 1.165) is 18.7 Å². The second-order valence-corrected chi connectivity index (χ2v) is 4.88. The number of carbonyl (C=O) groups is 1. The van der Waals surface area contributed by atoms with Gasteiger partial charge in [-0.05, 0) is 31.2 Å². The molecular weight excluding hydrogens is 226 g/mol. The van der Waals surface area contributed by atoms with Crippen molar-refractivity contribution in [2.45, 2.75) is 20.3 Å². The normalized spacial score (nSPS) is 12.4. The number of nitrogens with one attached hydrogen (secondary N) is 1. The van der Waals surface area contributed by atoms with Gasteiger partial charge in [-0.1, -0.05) is 26.3 Å². The topological polar surface area (TPSA) is 58.4 Å². The maximum atomic E-state index is 11.8. The molecule has 0 aliphatic heterocycles. The van der Waals surface area contributed by atoms with E-state index in [1.165, 1.54) is 0 Å². The van der Waals surface area contributed by atoms with Crippen molar-refractivity contribution < 1.29 is 4.79 Å². The summed E-state index contributed by atoms with van der Waals surface area (Å²) in [6, 6.07) is 7.22. The summed E-state index contributed by atoms with van der Waals surface area (Å²) in [5.41, 5.74) is 7.06. The van der Waals surface area contributed by atoms with Crippen molar-refractivity contribution in [3.05, 3.63) is 24.3 Å². The number of nitrogen functional groups attached to an aromatic ring is 1. The van der Waals surface area contributed by atoms with Gasteiger partial charge >= 0.3 is 0 Å². The lowest BCUT2D eigenvalue weighted by Crippen LogP contribution is -2.33. The third-order valence-electron chi connectivity index (χ3n) is 2.90. The summed E-state index contributed by atoms with van der Waals surface area (Å²) >= 11 is 0. The number of amides is 1. The van der Waals surface area contributed by atoms with Crippen LogP contribution >= 0.6 is 0 Å². The van der Waals surface area contributed by atoms with Gasteiger partial charge in [-0.2, -0.15) is 0 Å². The van der Waals surface area contributed by atoms with Crippen LogP contribution in [-0.4, -0.2) is 30.9 Å². The van der Waals surface area contributed by atoms with Crippen LogP contribution in [0.2, 0.25) is 0 Å². The molecule has 1 amide bonds. The molecule has 0 aliphatic rings. The first-order valence-corrected chi connectivity index (χ1v) is 6.35. The Bertz CT molecular complexity index is 392. The standard InChI is InChI=1S/C14H23N3O/c1-4-11(2)9-17(3)10-14(18)16-13-7-5-6-12(15)8-13/h5-8,11H,4,9-10,15H2,1-3H3,(H,16,18). The molecule has 4 heteroatoms. The third kappa shape index (κ3) is 5.19. The van der Waals surface area contributed by atoms with E-state index in [9.17, 15) is 4.79 Å². The molecule has 0 bridgehead atoms. The van der Waals surface area contributed by atoms with Gasteiger partial charge in [0.2, 0.25) is 5.91 Å². The molecule has 0 spiro atoms. The van der Waals surface area contributed by atoms with Gasteiger partial charge in [0.05, 0.1) is 6.54 Å². The predicted molar refractivity (Wildman–Crippen MR) is 76.4 cm³/mol. The molecule has 0 aliphatic carbocycles. The number of anilines is 2. The maximum absolute atomic E-state index is 11.8. The van der Waals surface area contributed by atoms with E-state index in [0.29, 0.717) is 18.2 Å².